The summed E-state index contributed by atoms with van der Waals surface area (Å²) in [4.78, 5) is 13.8. The van der Waals surface area contributed by atoms with Gasteiger partial charge in [0.15, 0.2) is 0 Å². The molecular weight excluding hydrogens is 242 g/mol. The fraction of sp³-hybridized carbons (Fsp3) is 0.533. The zero-order valence-corrected chi connectivity index (χ0v) is 11.6. The van der Waals surface area contributed by atoms with E-state index in [4.69, 9.17) is 0 Å². The second kappa shape index (κ2) is 7.47. The summed E-state index contributed by atoms with van der Waals surface area (Å²) in [6.07, 6.45) is 5.24. The highest BCUT2D eigenvalue weighted by Crippen LogP contribution is 2.15. The van der Waals surface area contributed by atoms with E-state index in [9.17, 15) is 4.79 Å². The van der Waals surface area contributed by atoms with E-state index in [1.54, 1.807) is 0 Å². The van der Waals surface area contributed by atoms with Crippen molar-refractivity contribution in [3.8, 4) is 0 Å². The summed E-state index contributed by atoms with van der Waals surface area (Å²) in [7, 11) is 0. The van der Waals surface area contributed by atoms with Crippen LogP contribution in [0.4, 0.5) is 0 Å². The van der Waals surface area contributed by atoms with Crippen molar-refractivity contribution in [2.45, 2.75) is 32.1 Å². The average molecular weight is 263 g/mol. The quantitative estimate of drug-likeness (QED) is 0.734. The molecule has 0 aromatic heterocycles. The van der Waals surface area contributed by atoms with E-state index in [1.165, 1.54) is 12.0 Å². The molecule has 0 bridgehead atoms. The van der Waals surface area contributed by atoms with Crippen molar-refractivity contribution in [1.82, 2.24) is 4.90 Å². The monoisotopic (exact) mass is 263 g/mol. The Balaban J connectivity index is 1.54. The highest BCUT2D eigenvalue weighted by atomic mass is 32.2. The van der Waals surface area contributed by atoms with Crippen LogP contribution in [0.3, 0.4) is 0 Å². The maximum atomic E-state index is 11.8. The molecule has 0 atom stereocenters. The Morgan fingerprint density at radius 3 is 2.72 bits per heavy atom. The lowest BCUT2D eigenvalue weighted by Crippen LogP contribution is -2.27. The minimum absolute atomic E-state index is 0.347. The lowest BCUT2D eigenvalue weighted by molar-refractivity contribution is -0.129. The van der Waals surface area contributed by atoms with Crippen LogP contribution in [0.5, 0.6) is 0 Å². The molecule has 0 aliphatic carbocycles. The van der Waals surface area contributed by atoms with Gasteiger partial charge in [-0.05, 0) is 24.8 Å². The minimum Gasteiger partial charge on any atom is -0.333 e. The predicted molar refractivity (Wildman–Crippen MR) is 77.7 cm³/mol. The van der Waals surface area contributed by atoms with Crippen molar-refractivity contribution in [3.05, 3.63) is 35.9 Å². The second-order valence-electron chi connectivity index (χ2n) is 4.74. The van der Waals surface area contributed by atoms with Crippen molar-refractivity contribution in [3.63, 3.8) is 0 Å². The van der Waals surface area contributed by atoms with Gasteiger partial charge < -0.3 is 4.90 Å². The molecule has 0 spiro atoms. The highest BCUT2D eigenvalue weighted by molar-refractivity contribution is 7.99. The minimum atomic E-state index is 0.347. The van der Waals surface area contributed by atoms with E-state index in [-0.39, 0.29) is 0 Å². The largest absolute Gasteiger partial charge is 0.333 e. The predicted octanol–water partition coefficient (Wildman–Crippen LogP) is 3.32. The fourth-order valence-corrected chi connectivity index (χ4v) is 3.17. The third-order valence-corrected chi connectivity index (χ3v) is 4.27. The SMILES string of the molecule is O=C(CCCCCc1ccccc1)N1CCSC1. The van der Waals surface area contributed by atoms with Crippen LogP contribution >= 0.6 is 11.8 Å². The molecular formula is C15H21NOS. The summed E-state index contributed by atoms with van der Waals surface area (Å²) < 4.78 is 0. The van der Waals surface area contributed by atoms with Crippen molar-refractivity contribution in [2.24, 2.45) is 0 Å². The normalized spacial score (nSPS) is 15.0. The van der Waals surface area contributed by atoms with Gasteiger partial charge in [0.2, 0.25) is 5.91 Å². The summed E-state index contributed by atoms with van der Waals surface area (Å²) >= 11 is 1.86. The molecule has 1 aliphatic heterocycles. The average Bonchev–Trinajstić information content (AvgIpc) is 2.93. The van der Waals surface area contributed by atoms with Crippen LogP contribution in [0.2, 0.25) is 0 Å². The number of hydrogen-bond acceptors (Lipinski definition) is 2. The van der Waals surface area contributed by atoms with Gasteiger partial charge in [-0.1, -0.05) is 36.8 Å². The summed E-state index contributed by atoms with van der Waals surface area (Å²) in [5.41, 5.74) is 1.40. The first-order valence-electron chi connectivity index (χ1n) is 6.76. The van der Waals surface area contributed by atoms with Crippen LogP contribution in [-0.2, 0) is 11.2 Å². The first kappa shape index (κ1) is 13.5. The number of carbonyl (C=O) groups is 1. The molecule has 98 valence electrons. The number of thioether (sulfide) groups is 1. The Hall–Kier alpha value is -0.960. The summed E-state index contributed by atoms with van der Waals surface area (Å²) in [6, 6.07) is 10.6. The van der Waals surface area contributed by atoms with Gasteiger partial charge in [-0.3, -0.25) is 4.79 Å². The molecule has 0 radical (unpaired) electrons. The van der Waals surface area contributed by atoms with E-state index in [1.807, 2.05) is 16.7 Å². The van der Waals surface area contributed by atoms with E-state index in [0.29, 0.717) is 5.91 Å². The molecule has 1 aromatic rings. The van der Waals surface area contributed by atoms with E-state index < -0.39 is 0 Å². The van der Waals surface area contributed by atoms with Gasteiger partial charge in [0.25, 0.3) is 0 Å². The summed E-state index contributed by atoms with van der Waals surface area (Å²) in [6.45, 7) is 0.952. The first-order valence-corrected chi connectivity index (χ1v) is 7.91. The molecule has 3 heteroatoms. The van der Waals surface area contributed by atoms with E-state index >= 15 is 0 Å². The molecule has 1 saturated heterocycles. The molecule has 1 heterocycles. The lowest BCUT2D eigenvalue weighted by Gasteiger charge is -2.13. The molecule has 0 unspecified atom stereocenters. The van der Waals surface area contributed by atoms with Gasteiger partial charge in [-0.25, -0.2) is 0 Å². The van der Waals surface area contributed by atoms with E-state index in [2.05, 4.69) is 30.3 Å². The van der Waals surface area contributed by atoms with Crippen LogP contribution < -0.4 is 0 Å². The van der Waals surface area contributed by atoms with Crippen molar-refractivity contribution < 1.29 is 4.79 Å². The lowest BCUT2D eigenvalue weighted by atomic mass is 10.1. The van der Waals surface area contributed by atoms with Gasteiger partial charge in [0, 0.05) is 18.7 Å². The molecule has 0 N–H and O–H groups in total. The Labute approximate surface area is 114 Å². The van der Waals surface area contributed by atoms with Gasteiger partial charge in [-0.2, -0.15) is 0 Å². The molecule has 1 fully saturated rings. The molecule has 1 aliphatic rings. The number of unbranched alkanes of at least 4 members (excludes halogenated alkanes) is 2. The molecule has 1 aromatic carbocycles. The molecule has 2 nitrogen and oxygen atoms in total. The Morgan fingerprint density at radius 1 is 1.17 bits per heavy atom. The Bertz CT molecular complexity index is 360. The van der Waals surface area contributed by atoms with Gasteiger partial charge in [0.1, 0.15) is 0 Å². The molecule has 1 amide bonds. The zero-order chi connectivity index (χ0) is 12.6. The molecule has 18 heavy (non-hydrogen) atoms. The highest BCUT2D eigenvalue weighted by Gasteiger charge is 2.17. The third-order valence-electron chi connectivity index (χ3n) is 3.30. The molecule has 2 rings (SSSR count). The first-order chi connectivity index (χ1) is 8.86. The van der Waals surface area contributed by atoms with Crippen LogP contribution in [-0.4, -0.2) is 29.0 Å². The van der Waals surface area contributed by atoms with E-state index in [0.717, 1.165) is 43.9 Å². The zero-order valence-electron chi connectivity index (χ0n) is 10.8. The summed E-state index contributed by atoms with van der Waals surface area (Å²) in [5.74, 6) is 2.36. The fourth-order valence-electron chi connectivity index (χ4n) is 2.20. The maximum Gasteiger partial charge on any atom is 0.223 e. The number of carbonyl (C=O) groups excluding carboxylic acids is 1. The molecule has 0 saturated carbocycles. The smallest absolute Gasteiger partial charge is 0.223 e. The number of amides is 1. The van der Waals surface area contributed by atoms with Crippen LogP contribution in [0.15, 0.2) is 30.3 Å². The number of nitrogens with zero attached hydrogens (tertiary/aromatic N) is 1. The maximum absolute atomic E-state index is 11.8. The standard InChI is InChI=1S/C15H21NOS/c17-15(16-11-12-18-13-16)10-6-2-5-9-14-7-3-1-4-8-14/h1,3-4,7-8H,2,5-6,9-13H2. The Kier molecular flexibility index (Phi) is 5.59. The third kappa shape index (κ3) is 4.37. The summed E-state index contributed by atoms with van der Waals surface area (Å²) in [5, 5.41) is 0. The van der Waals surface area contributed by atoms with Gasteiger partial charge in [-0.15, -0.1) is 11.8 Å². The number of benzene rings is 1. The van der Waals surface area contributed by atoms with Crippen LogP contribution in [0, 0.1) is 0 Å². The Morgan fingerprint density at radius 2 is 2.00 bits per heavy atom. The number of aryl methyl sites for hydroxylation is 1. The van der Waals surface area contributed by atoms with Crippen LogP contribution in [0.25, 0.3) is 0 Å². The van der Waals surface area contributed by atoms with Gasteiger partial charge in [0.05, 0.1) is 5.88 Å². The van der Waals surface area contributed by atoms with Crippen molar-refractivity contribution in [1.29, 1.82) is 0 Å². The van der Waals surface area contributed by atoms with Crippen molar-refractivity contribution in [2.75, 3.05) is 18.2 Å². The topological polar surface area (TPSA) is 20.3 Å². The number of rotatable bonds is 6. The van der Waals surface area contributed by atoms with Crippen molar-refractivity contribution >= 4 is 17.7 Å². The van der Waals surface area contributed by atoms with Gasteiger partial charge >= 0.3 is 0 Å². The number of hydrogen-bond donors (Lipinski definition) is 0. The second-order valence-corrected chi connectivity index (χ2v) is 5.82. The van der Waals surface area contributed by atoms with Crippen LogP contribution in [0.1, 0.15) is 31.2 Å².